The first-order chi connectivity index (χ1) is 11.5. The number of hydrogen-bond acceptors (Lipinski definition) is 6. The molecule has 0 saturated heterocycles. The van der Waals surface area contributed by atoms with Gasteiger partial charge in [-0.05, 0) is 24.6 Å². The van der Waals surface area contributed by atoms with Gasteiger partial charge in [0.15, 0.2) is 18.1 Å². The second-order valence-corrected chi connectivity index (χ2v) is 4.97. The maximum absolute atomic E-state index is 12.0. The van der Waals surface area contributed by atoms with Gasteiger partial charge in [-0.15, -0.1) is 0 Å². The Hall–Kier alpha value is -3.16. The van der Waals surface area contributed by atoms with Gasteiger partial charge in [0.25, 0.3) is 11.8 Å². The molecule has 2 rings (SSSR count). The fraction of sp³-hybridized carbons (Fsp3) is 0.250. The lowest BCUT2D eigenvalue weighted by Crippen LogP contribution is -2.24. The van der Waals surface area contributed by atoms with Crippen LogP contribution in [0.1, 0.15) is 21.7 Å². The highest BCUT2D eigenvalue weighted by Crippen LogP contribution is 2.27. The summed E-state index contributed by atoms with van der Waals surface area (Å²) in [6.45, 7) is 1.84. The number of carbonyl (C=O) groups excluding carboxylic acids is 2. The predicted octanol–water partition coefficient (Wildman–Crippen LogP) is 0.588. The largest absolute Gasteiger partial charge is 0.493 e. The van der Waals surface area contributed by atoms with Crippen LogP contribution in [0.3, 0.4) is 0 Å². The molecule has 8 heteroatoms. The van der Waals surface area contributed by atoms with E-state index in [0.717, 1.165) is 11.3 Å². The van der Waals surface area contributed by atoms with Gasteiger partial charge in [0.05, 0.1) is 19.0 Å². The smallest absolute Gasteiger partial charge is 0.271 e. The van der Waals surface area contributed by atoms with Crippen molar-refractivity contribution < 1.29 is 19.1 Å². The number of carbonyl (C=O) groups is 2. The van der Waals surface area contributed by atoms with Gasteiger partial charge >= 0.3 is 0 Å². The summed E-state index contributed by atoms with van der Waals surface area (Å²) in [6, 6.07) is 5.10. The SMILES string of the molecule is COc1cc(CNC(=O)c2cnc(C)cn2)ccc1OCC(N)=O. The Kier molecular flexibility index (Phi) is 5.67. The number of primary amides is 1. The first-order valence-electron chi connectivity index (χ1n) is 7.14. The highest BCUT2D eigenvalue weighted by molar-refractivity contribution is 5.91. The first kappa shape index (κ1) is 17.2. The van der Waals surface area contributed by atoms with Crippen LogP contribution in [0.15, 0.2) is 30.6 Å². The van der Waals surface area contributed by atoms with Crippen LogP contribution in [-0.4, -0.2) is 35.5 Å². The van der Waals surface area contributed by atoms with E-state index in [9.17, 15) is 9.59 Å². The minimum absolute atomic E-state index is 0.238. The number of rotatable bonds is 7. The molecule has 1 aromatic carbocycles. The summed E-state index contributed by atoms with van der Waals surface area (Å²) in [4.78, 5) is 30.8. The summed E-state index contributed by atoms with van der Waals surface area (Å²) in [5, 5.41) is 2.74. The molecule has 0 aliphatic carbocycles. The minimum atomic E-state index is -0.576. The molecule has 0 aliphatic heterocycles. The van der Waals surface area contributed by atoms with E-state index >= 15 is 0 Å². The van der Waals surface area contributed by atoms with E-state index in [1.54, 1.807) is 25.1 Å². The van der Waals surface area contributed by atoms with E-state index in [1.807, 2.05) is 0 Å². The summed E-state index contributed by atoms with van der Waals surface area (Å²) in [5.74, 6) is -0.0583. The van der Waals surface area contributed by atoms with Gasteiger partial charge < -0.3 is 20.5 Å². The molecule has 24 heavy (non-hydrogen) atoms. The van der Waals surface area contributed by atoms with E-state index in [-0.39, 0.29) is 24.8 Å². The highest BCUT2D eigenvalue weighted by Gasteiger charge is 2.10. The molecule has 126 valence electrons. The van der Waals surface area contributed by atoms with Gasteiger partial charge in [0.1, 0.15) is 5.69 Å². The molecule has 1 heterocycles. The van der Waals surface area contributed by atoms with Gasteiger partial charge in [-0.2, -0.15) is 0 Å². The minimum Gasteiger partial charge on any atom is -0.493 e. The number of aryl methyl sites for hydroxylation is 1. The van der Waals surface area contributed by atoms with Crippen molar-refractivity contribution in [2.75, 3.05) is 13.7 Å². The Morgan fingerprint density at radius 2 is 2.00 bits per heavy atom. The van der Waals surface area contributed by atoms with Crippen LogP contribution in [0.4, 0.5) is 0 Å². The van der Waals surface area contributed by atoms with E-state index in [2.05, 4.69) is 15.3 Å². The van der Waals surface area contributed by atoms with Gasteiger partial charge in [0.2, 0.25) is 0 Å². The quantitative estimate of drug-likeness (QED) is 0.767. The predicted molar refractivity (Wildman–Crippen MR) is 85.6 cm³/mol. The Balaban J connectivity index is 2.00. The molecule has 3 N–H and O–H groups in total. The second-order valence-electron chi connectivity index (χ2n) is 4.97. The number of nitrogens with two attached hydrogens (primary N) is 1. The molecule has 8 nitrogen and oxygen atoms in total. The Labute approximate surface area is 139 Å². The van der Waals surface area contributed by atoms with E-state index in [4.69, 9.17) is 15.2 Å². The first-order valence-corrected chi connectivity index (χ1v) is 7.14. The van der Waals surface area contributed by atoms with E-state index in [1.165, 1.54) is 19.5 Å². The lowest BCUT2D eigenvalue weighted by Gasteiger charge is -2.11. The molecule has 0 spiro atoms. The van der Waals surface area contributed by atoms with Crippen LogP contribution < -0.4 is 20.5 Å². The van der Waals surface area contributed by atoms with Crippen molar-refractivity contribution in [2.24, 2.45) is 5.73 Å². The number of aromatic nitrogens is 2. The topological polar surface area (TPSA) is 116 Å². The summed E-state index contributed by atoms with van der Waals surface area (Å²) in [7, 11) is 1.48. The average molecular weight is 330 g/mol. The van der Waals surface area contributed by atoms with Crippen LogP contribution in [0.2, 0.25) is 0 Å². The van der Waals surface area contributed by atoms with Crippen molar-refractivity contribution in [3.05, 3.63) is 47.5 Å². The summed E-state index contributed by atoms with van der Waals surface area (Å²) >= 11 is 0. The molecule has 1 aromatic heterocycles. The van der Waals surface area contributed by atoms with Crippen molar-refractivity contribution >= 4 is 11.8 Å². The van der Waals surface area contributed by atoms with Crippen molar-refractivity contribution in [3.63, 3.8) is 0 Å². The molecular weight excluding hydrogens is 312 g/mol. The lowest BCUT2D eigenvalue weighted by atomic mass is 10.2. The zero-order chi connectivity index (χ0) is 17.5. The van der Waals surface area contributed by atoms with Crippen LogP contribution in [0.5, 0.6) is 11.5 Å². The number of benzene rings is 1. The summed E-state index contributed by atoms with van der Waals surface area (Å²) < 4.78 is 10.5. The third-order valence-electron chi connectivity index (χ3n) is 3.06. The highest BCUT2D eigenvalue weighted by atomic mass is 16.5. The van der Waals surface area contributed by atoms with Crippen molar-refractivity contribution in [1.29, 1.82) is 0 Å². The molecule has 2 aromatic rings. The van der Waals surface area contributed by atoms with Gasteiger partial charge in [-0.1, -0.05) is 6.07 Å². The maximum atomic E-state index is 12.0. The zero-order valence-corrected chi connectivity index (χ0v) is 13.4. The summed E-state index contributed by atoms with van der Waals surface area (Å²) in [6.07, 6.45) is 2.95. The standard InChI is InChI=1S/C16H18N4O4/c1-10-6-19-12(8-18-10)16(22)20-7-11-3-4-13(14(5-11)23-2)24-9-15(17)21/h3-6,8H,7,9H2,1-2H3,(H2,17,21)(H,20,22). The molecule has 0 saturated carbocycles. The monoisotopic (exact) mass is 330 g/mol. The van der Waals surface area contributed by atoms with Gasteiger partial charge in [0, 0.05) is 12.7 Å². The molecule has 0 aliphatic rings. The normalized spacial score (nSPS) is 10.1. The molecular formula is C16H18N4O4. The summed E-state index contributed by atoms with van der Waals surface area (Å²) in [5.41, 5.74) is 6.83. The lowest BCUT2D eigenvalue weighted by molar-refractivity contribution is -0.119. The molecule has 0 fully saturated rings. The third-order valence-corrected chi connectivity index (χ3v) is 3.06. The fourth-order valence-corrected chi connectivity index (χ4v) is 1.87. The fourth-order valence-electron chi connectivity index (χ4n) is 1.87. The number of ether oxygens (including phenoxy) is 2. The number of nitrogens with zero attached hydrogens (tertiary/aromatic N) is 2. The Morgan fingerprint density at radius 1 is 1.21 bits per heavy atom. The average Bonchev–Trinajstić information content (AvgIpc) is 2.58. The molecule has 2 amide bonds. The number of amides is 2. The second kappa shape index (κ2) is 7.91. The van der Waals surface area contributed by atoms with Crippen LogP contribution >= 0.6 is 0 Å². The maximum Gasteiger partial charge on any atom is 0.271 e. The Bertz CT molecular complexity index is 731. The molecule has 0 bridgehead atoms. The van der Waals surface area contributed by atoms with Crippen LogP contribution in [0, 0.1) is 6.92 Å². The van der Waals surface area contributed by atoms with Crippen molar-refractivity contribution in [1.82, 2.24) is 15.3 Å². The van der Waals surface area contributed by atoms with Crippen LogP contribution in [-0.2, 0) is 11.3 Å². The van der Waals surface area contributed by atoms with Gasteiger partial charge in [-0.3, -0.25) is 14.6 Å². The number of nitrogens with one attached hydrogen (secondary N) is 1. The molecule has 0 unspecified atom stereocenters. The van der Waals surface area contributed by atoms with Crippen molar-refractivity contribution in [3.8, 4) is 11.5 Å². The molecule has 0 radical (unpaired) electrons. The number of hydrogen-bond donors (Lipinski definition) is 2. The zero-order valence-electron chi connectivity index (χ0n) is 13.4. The van der Waals surface area contributed by atoms with Crippen LogP contribution in [0.25, 0.3) is 0 Å². The Morgan fingerprint density at radius 3 is 2.62 bits per heavy atom. The van der Waals surface area contributed by atoms with Crippen molar-refractivity contribution in [2.45, 2.75) is 13.5 Å². The number of methoxy groups -OCH3 is 1. The van der Waals surface area contributed by atoms with E-state index < -0.39 is 5.91 Å². The van der Waals surface area contributed by atoms with E-state index in [0.29, 0.717) is 11.5 Å². The molecule has 0 atom stereocenters. The van der Waals surface area contributed by atoms with Gasteiger partial charge in [-0.25, -0.2) is 4.98 Å². The third kappa shape index (κ3) is 4.67.